The van der Waals surface area contributed by atoms with E-state index in [1.807, 2.05) is 51.8 Å². The van der Waals surface area contributed by atoms with Crippen LogP contribution in [0.25, 0.3) is 11.1 Å². The summed E-state index contributed by atoms with van der Waals surface area (Å²) in [6.45, 7) is 3.74. The van der Waals surface area contributed by atoms with Crippen molar-refractivity contribution in [3.63, 3.8) is 0 Å². The first-order valence-corrected chi connectivity index (χ1v) is 14.4. The van der Waals surface area contributed by atoms with Gasteiger partial charge in [0.05, 0.1) is 24.8 Å². The maximum absolute atomic E-state index is 13.6. The van der Waals surface area contributed by atoms with Gasteiger partial charge in [0, 0.05) is 43.0 Å². The molecule has 2 aromatic carbocycles. The highest BCUT2D eigenvalue weighted by molar-refractivity contribution is 5.99. The number of carbonyl (C=O) groups is 1. The van der Waals surface area contributed by atoms with Crippen LogP contribution < -0.4 is 9.47 Å². The Morgan fingerprint density at radius 3 is 1.89 bits per heavy atom. The molecular formula is C32H41F6N5O4. The summed E-state index contributed by atoms with van der Waals surface area (Å²) in [7, 11) is 10.3. The molecule has 0 spiro atoms. The lowest BCUT2D eigenvalue weighted by Crippen LogP contribution is -2.31. The SMILES string of the molecule is CC(CO)N(C)C.COc1ccccc1-c1cnc(OCC(C)N(C)C)nc1C(=O)N(C)Cc1cc(C(F)(F)F)cc(C(F)(F)F)c1. The Balaban J connectivity index is 0.000000984. The number of nitrogens with zero attached hydrogens (tertiary/aromatic N) is 5. The molecule has 0 aliphatic heterocycles. The number of para-hydroxylation sites is 1. The van der Waals surface area contributed by atoms with Crippen molar-refractivity contribution in [2.45, 2.75) is 44.8 Å². The molecule has 2 unspecified atom stereocenters. The smallest absolute Gasteiger partial charge is 0.416 e. The Bertz CT molecular complexity index is 1430. The molecule has 3 aromatic rings. The van der Waals surface area contributed by atoms with Crippen LogP contribution in [0.2, 0.25) is 0 Å². The van der Waals surface area contributed by atoms with Gasteiger partial charge in [-0.25, -0.2) is 4.98 Å². The number of amides is 1. The number of aromatic nitrogens is 2. The van der Waals surface area contributed by atoms with E-state index in [0.29, 0.717) is 29.5 Å². The van der Waals surface area contributed by atoms with Gasteiger partial charge in [-0.15, -0.1) is 0 Å². The number of halogens is 6. The third-order valence-corrected chi connectivity index (χ3v) is 7.26. The molecule has 1 N–H and O–H groups in total. The topological polar surface area (TPSA) is 91.3 Å². The summed E-state index contributed by atoms with van der Waals surface area (Å²) in [4.78, 5) is 26.9. The molecule has 9 nitrogen and oxygen atoms in total. The Hall–Kier alpha value is -3.95. The van der Waals surface area contributed by atoms with Crippen LogP contribution in [0, 0.1) is 0 Å². The zero-order valence-electron chi connectivity index (χ0n) is 27.6. The lowest BCUT2D eigenvalue weighted by atomic mass is 10.0. The number of methoxy groups -OCH3 is 1. The molecule has 0 radical (unpaired) electrons. The van der Waals surface area contributed by atoms with Crippen molar-refractivity contribution in [1.82, 2.24) is 24.7 Å². The van der Waals surface area contributed by atoms with E-state index in [-0.39, 0.29) is 48.2 Å². The largest absolute Gasteiger partial charge is 0.496 e. The molecule has 0 aliphatic rings. The van der Waals surface area contributed by atoms with E-state index >= 15 is 0 Å². The van der Waals surface area contributed by atoms with E-state index in [1.54, 1.807) is 24.3 Å². The van der Waals surface area contributed by atoms with Gasteiger partial charge in [-0.05, 0) is 71.9 Å². The monoisotopic (exact) mass is 673 g/mol. The van der Waals surface area contributed by atoms with Crippen LogP contribution in [0.5, 0.6) is 11.8 Å². The maximum Gasteiger partial charge on any atom is 0.416 e. The summed E-state index contributed by atoms with van der Waals surface area (Å²) in [5.41, 5.74) is -2.78. The second-order valence-electron chi connectivity index (χ2n) is 11.3. The predicted molar refractivity (Wildman–Crippen MR) is 165 cm³/mol. The van der Waals surface area contributed by atoms with Gasteiger partial charge >= 0.3 is 18.4 Å². The van der Waals surface area contributed by atoms with Gasteiger partial charge in [0.15, 0.2) is 0 Å². The molecule has 1 aromatic heterocycles. The lowest BCUT2D eigenvalue weighted by molar-refractivity contribution is -0.143. The Morgan fingerprint density at radius 2 is 1.43 bits per heavy atom. The van der Waals surface area contributed by atoms with Crippen molar-refractivity contribution >= 4 is 5.91 Å². The minimum absolute atomic E-state index is 0.0249. The molecule has 15 heteroatoms. The van der Waals surface area contributed by atoms with Crippen LogP contribution in [-0.4, -0.2) is 103 Å². The molecule has 1 amide bonds. The molecular weight excluding hydrogens is 632 g/mol. The van der Waals surface area contributed by atoms with Crippen molar-refractivity contribution in [3.8, 4) is 22.9 Å². The number of aliphatic hydroxyl groups is 1. The number of benzene rings is 2. The van der Waals surface area contributed by atoms with Crippen LogP contribution in [0.3, 0.4) is 0 Å². The van der Waals surface area contributed by atoms with E-state index in [2.05, 4.69) is 9.97 Å². The van der Waals surface area contributed by atoms with Gasteiger partial charge in [-0.2, -0.15) is 31.3 Å². The highest BCUT2D eigenvalue weighted by atomic mass is 19.4. The maximum atomic E-state index is 13.6. The van der Waals surface area contributed by atoms with Gasteiger partial charge in [0.2, 0.25) is 0 Å². The standard InChI is InChI=1S/C27H28F6N4O3.C5H13NO/c1-16(36(2)3)15-40-25-34-13-21(20-8-6-7-9-22(20)39-5)23(35-25)24(38)37(4)14-17-10-18(26(28,29)30)12-19(11-17)27(31,32)33;1-5(4-7)6(2)3/h6-13,16H,14-15H2,1-5H3;5,7H,4H2,1-3H3. The molecule has 0 fully saturated rings. The minimum Gasteiger partial charge on any atom is -0.496 e. The lowest BCUT2D eigenvalue weighted by Gasteiger charge is -2.22. The molecule has 0 saturated carbocycles. The minimum atomic E-state index is -5.02. The van der Waals surface area contributed by atoms with Gasteiger partial charge < -0.3 is 29.3 Å². The van der Waals surface area contributed by atoms with Crippen LogP contribution in [0.4, 0.5) is 26.3 Å². The molecule has 2 atom stereocenters. The number of alkyl halides is 6. The first-order chi connectivity index (χ1) is 21.8. The van der Waals surface area contributed by atoms with Crippen molar-refractivity contribution in [1.29, 1.82) is 0 Å². The highest BCUT2D eigenvalue weighted by Gasteiger charge is 2.37. The van der Waals surface area contributed by atoms with E-state index in [1.165, 1.54) is 20.4 Å². The van der Waals surface area contributed by atoms with E-state index in [0.717, 1.165) is 4.90 Å². The molecule has 47 heavy (non-hydrogen) atoms. The van der Waals surface area contributed by atoms with E-state index < -0.39 is 35.9 Å². The fraction of sp³-hybridized carbons (Fsp3) is 0.469. The highest BCUT2D eigenvalue weighted by Crippen LogP contribution is 2.37. The van der Waals surface area contributed by atoms with Crippen LogP contribution in [0.1, 0.15) is 41.0 Å². The van der Waals surface area contributed by atoms with Crippen LogP contribution in [0.15, 0.2) is 48.7 Å². The summed E-state index contributed by atoms with van der Waals surface area (Å²) in [5.74, 6) is -0.384. The zero-order chi connectivity index (χ0) is 35.7. The van der Waals surface area contributed by atoms with Crippen LogP contribution >= 0.6 is 0 Å². The first kappa shape index (κ1) is 39.2. The van der Waals surface area contributed by atoms with Crippen molar-refractivity contribution in [2.75, 3.05) is 55.6 Å². The fourth-order valence-electron chi connectivity index (χ4n) is 3.81. The number of hydrogen-bond acceptors (Lipinski definition) is 8. The molecule has 1 heterocycles. The average Bonchev–Trinajstić information content (AvgIpc) is 3.01. The van der Waals surface area contributed by atoms with Crippen molar-refractivity contribution < 1.29 is 45.7 Å². The number of hydrogen-bond donors (Lipinski definition) is 1. The molecule has 0 bridgehead atoms. The number of ether oxygens (including phenoxy) is 2. The Labute approximate surface area is 270 Å². The van der Waals surface area contributed by atoms with Crippen LogP contribution in [-0.2, 0) is 18.9 Å². The summed E-state index contributed by atoms with van der Waals surface area (Å²) in [6, 6.07) is 8.06. The molecule has 0 saturated heterocycles. The molecule has 0 aliphatic carbocycles. The van der Waals surface area contributed by atoms with Gasteiger partial charge in [0.25, 0.3) is 5.91 Å². The average molecular weight is 674 g/mol. The molecule has 3 rings (SSSR count). The Kier molecular flexibility index (Phi) is 14.0. The number of rotatable bonds is 11. The third-order valence-electron chi connectivity index (χ3n) is 7.26. The second kappa shape index (κ2) is 16.7. The van der Waals surface area contributed by atoms with Gasteiger partial charge in [-0.3, -0.25) is 4.79 Å². The number of aliphatic hydroxyl groups excluding tert-OH is 1. The van der Waals surface area contributed by atoms with Crippen molar-refractivity contribution in [3.05, 3.63) is 71.0 Å². The second-order valence-corrected chi connectivity index (χ2v) is 11.3. The summed E-state index contributed by atoms with van der Waals surface area (Å²) < 4.78 is 91.1. The van der Waals surface area contributed by atoms with Gasteiger partial charge in [0.1, 0.15) is 18.1 Å². The van der Waals surface area contributed by atoms with E-state index in [4.69, 9.17) is 14.6 Å². The number of carbonyl (C=O) groups excluding carboxylic acids is 1. The Morgan fingerprint density at radius 1 is 0.872 bits per heavy atom. The summed E-state index contributed by atoms with van der Waals surface area (Å²) in [5, 5.41) is 8.46. The predicted octanol–water partition coefficient (Wildman–Crippen LogP) is 5.72. The van der Waals surface area contributed by atoms with Crippen molar-refractivity contribution in [2.24, 2.45) is 0 Å². The first-order valence-electron chi connectivity index (χ1n) is 14.4. The zero-order valence-corrected chi connectivity index (χ0v) is 27.6. The van der Waals surface area contributed by atoms with E-state index in [9.17, 15) is 31.1 Å². The quantitative estimate of drug-likeness (QED) is 0.259. The fourth-order valence-corrected chi connectivity index (χ4v) is 3.81. The van der Waals surface area contributed by atoms with Gasteiger partial charge in [-0.1, -0.05) is 18.2 Å². The normalized spacial score (nSPS) is 13.1. The molecule has 260 valence electrons. The third kappa shape index (κ3) is 11.4. The number of likely N-dealkylation sites (N-methyl/N-ethyl adjacent to an activating group) is 2. The summed E-state index contributed by atoms with van der Waals surface area (Å²) in [6.07, 6.45) is -8.68. The summed E-state index contributed by atoms with van der Waals surface area (Å²) >= 11 is 0.